The number of amides is 2. The van der Waals surface area contributed by atoms with Gasteiger partial charge in [0.15, 0.2) is 0 Å². The van der Waals surface area contributed by atoms with Crippen LogP contribution >= 0.6 is 27.7 Å². The number of thioether (sulfide) groups is 1. The molecule has 1 saturated heterocycles. The first-order valence-electron chi connectivity index (χ1n) is 8.65. The summed E-state index contributed by atoms with van der Waals surface area (Å²) in [6.45, 7) is 4.18. The van der Waals surface area contributed by atoms with Gasteiger partial charge in [-0.3, -0.25) is 24.6 Å². The van der Waals surface area contributed by atoms with Gasteiger partial charge in [0.2, 0.25) is 0 Å². The fourth-order valence-corrected chi connectivity index (χ4v) is 3.97. The van der Waals surface area contributed by atoms with Gasteiger partial charge in [-0.15, -0.1) is 0 Å². The van der Waals surface area contributed by atoms with Crippen LogP contribution in [0.15, 0.2) is 45.8 Å². The van der Waals surface area contributed by atoms with Crippen molar-refractivity contribution in [2.24, 2.45) is 0 Å². The lowest BCUT2D eigenvalue weighted by atomic mass is 10.1. The van der Waals surface area contributed by atoms with Gasteiger partial charge in [-0.1, -0.05) is 18.2 Å². The lowest BCUT2D eigenvalue weighted by molar-refractivity contribution is -0.385. The van der Waals surface area contributed by atoms with Gasteiger partial charge in [0, 0.05) is 6.07 Å². The standard InChI is InChI=1S/C20H17BrN2O5S/c1-12-3-4-13(2)17(9-12)28-8-7-22-19(24)18(29-20(22)25)11-14-5-6-15(21)16(10-14)23(26)27/h3-6,9-11H,7-8H2,1-2H3/b18-11-. The van der Waals surface area contributed by atoms with Crippen LogP contribution in [-0.2, 0) is 4.79 Å². The second-order valence-corrected chi connectivity index (χ2v) is 8.27. The molecule has 1 aliphatic rings. The number of nitro groups is 1. The van der Waals surface area contributed by atoms with E-state index in [1.807, 2.05) is 32.0 Å². The van der Waals surface area contributed by atoms with E-state index in [9.17, 15) is 19.7 Å². The number of halogens is 1. The van der Waals surface area contributed by atoms with E-state index in [1.165, 1.54) is 18.2 Å². The fourth-order valence-electron chi connectivity index (χ4n) is 2.71. The Morgan fingerprint density at radius 2 is 1.97 bits per heavy atom. The summed E-state index contributed by atoms with van der Waals surface area (Å²) in [6, 6.07) is 10.4. The molecular weight excluding hydrogens is 460 g/mol. The smallest absolute Gasteiger partial charge is 0.293 e. The van der Waals surface area contributed by atoms with Crippen molar-refractivity contribution in [3.05, 3.63) is 72.6 Å². The highest BCUT2D eigenvalue weighted by molar-refractivity contribution is 9.10. The molecule has 9 heteroatoms. The maximum Gasteiger partial charge on any atom is 0.293 e. The van der Waals surface area contributed by atoms with Crippen LogP contribution in [0.4, 0.5) is 10.5 Å². The first-order chi connectivity index (χ1) is 13.8. The Bertz CT molecular complexity index is 1040. The molecule has 150 valence electrons. The van der Waals surface area contributed by atoms with E-state index in [1.54, 1.807) is 6.07 Å². The van der Waals surface area contributed by atoms with Crippen LogP contribution in [0.1, 0.15) is 16.7 Å². The summed E-state index contributed by atoms with van der Waals surface area (Å²) < 4.78 is 6.07. The maximum absolute atomic E-state index is 12.6. The van der Waals surface area contributed by atoms with Crippen LogP contribution in [0.25, 0.3) is 6.08 Å². The summed E-state index contributed by atoms with van der Waals surface area (Å²) in [5.74, 6) is 0.282. The molecule has 0 N–H and O–H groups in total. The van der Waals surface area contributed by atoms with Gasteiger partial charge in [0.25, 0.3) is 16.8 Å². The summed E-state index contributed by atoms with van der Waals surface area (Å²) >= 11 is 3.93. The van der Waals surface area contributed by atoms with Crippen molar-refractivity contribution in [1.29, 1.82) is 0 Å². The molecule has 0 unspecified atom stereocenters. The summed E-state index contributed by atoms with van der Waals surface area (Å²) in [4.78, 5) is 36.7. The Morgan fingerprint density at radius 1 is 1.21 bits per heavy atom. The van der Waals surface area contributed by atoms with E-state index < -0.39 is 16.1 Å². The average Bonchev–Trinajstić information content (AvgIpc) is 2.93. The van der Waals surface area contributed by atoms with Gasteiger partial charge in [-0.2, -0.15) is 0 Å². The van der Waals surface area contributed by atoms with E-state index in [4.69, 9.17) is 4.74 Å². The quantitative estimate of drug-likeness (QED) is 0.327. The van der Waals surface area contributed by atoms with E-state index >= 15 is 0 Å². The first-order valence-corrected chi connectivity index (χ1v) is 10.3. The second-order valence-electron chi connectivity index (χ2n) is 6.42. The topological polar surface area (TPSA) is 89.8 Å². The third-order valence-electron chi connectivity index (χ3n) is 4.25. The van der Waals surface area contributed by atoms with Crippen LogP contribution < -0.4 is 4.74 Å². The van der Waals surface area contributed by atoms with E-state index in [0.717, 1.165) is 33.5 Å². The van der Waals surface area contributed by atoms with Crippen LogP contribution in [-0.4, -0.2) is 34.1 Å². The lowest BCUT2D eigenvalue weighted by Gasteiger charge is -2.14. The second kappa shape index (κ2) is 8.79. The number of hydrogen-bond acceptors (Lipinski definition) is 6. The Hall–Kier alpha value is -2.65. The zero-order valence-electron chi connectivity index (χ0n) is 15.7. The van der Waals surface area contributed by atoms with Crippen molar-refractivity contribution in [3.63, 3.8) is 0 Å². The van der Waals surface area contributed by atoms with E-state index in [2.05, 4.69) is 15.9 Å². The molecule has 0 bridgehead atoms. The number of ether oxygens (including phenoxy) is 1. The van der Waals surface area contributed by atoms with Crippen LogP contribution in [0.3, 0.4) is 0 Å². The molecule has 7 nitrogen and oxygen atoms in total. The Kier molecular flexibility index (Phi) is 6.39. The number of rotatable bonds is 6. The molecule has 2 aromatic rings. The van der Waals surface area contributed by atoms with Crippen LogP contribution in [0, 0.1) is 24.0 Å². The highest BCUT2D eigenvalue weighted by Gasteiger charge is 2.35. The monoisotopic (exact) mass is 476 g/mol. The molecular formula is C20H17BrN2O5S. The molecule has 2 aromatic carbocycles. The SMILES string of the molecule is Cc1ccc(C)c(OCCN2C(=O)S/C(=C\c3ccc(Br)c([N+](=O)[O-])c3)C2=O)c1. The van der Waals surface area contributed by atoms with Gasteiger partial charge in [-0.25, -0.2) is 0 Å². The predicted octanol–water partition coefficient (Wildman–Crippen LogP) is 5.09. The van der Waals surface area contributed by atoms with Gasteiger partial charge in [0.05, 0.1) is 20.8 Å². The zero-order valence-corrected chi connectivity index (χ0v) is 18.1. The van der Waals surface area contributed by atoms with Crippen molar-refractivity contribution >= 4 is 50.6 Å². The van der Waals surface area contributed by atoms with Crippen molar-refractivity contribution in [2.75, 3.05) is 13.2 Å². The number of carbonyl (C=O) groups is 2. The van der Waals surface area contributed by atoms with Gasteiger partial charge >= 0.3 is 0 Å². The number of benzene rings is 2. The molecule has 2 amide bonds. The highest BCUT2D eigenvalue weighted by atomic mass is 79.9. The molecule has 0 aromatic heterocycles. The maximum atomic E-state index is 12.6. The molecule has 0 spiro atoms. The van der Waals surface area contributed by atoms with Crippen LogP contribution in [0.2, 0.25) is 0 Å². The normalized spacial score (nSPS) is 15.3. The summed E-state index contributed by atoms with van der Waals surface area (Å²) in [6.07, 6.45) is 1.48. The van der Waals surface area contributed by atoms with Crippen LogP contribution in [0.5, 0.6) is 5.75 Å². The Labute approximate surface area is 180 Å². The molecule has 1 aliphatic heterocycles. The third kappa shape index (κ3) is 4.86. The Morgan fingerprint density at radius 3 is 2.69 bits per heavy atom. The number of nitrogens with zero attached hydrogens (tertiary/aromatic N) is 2. The molecule has 0 saturated carbocycles. The molecule has 0 aliphatic carbocycles. The Balaban J connectivity index is 1.69. The van der Waals surface area contributed by atoms with Gasteiger partial charge < -0.3 is 4.74 Å². The van der Waals surface area contributed by atoms with E-state index in [-0.39, 0.29) is 23.7 Å². The van der Waals surface area contributed by atoms with Crippen molar-refractivity contribution in [2.45, 2.75) is 13.8 Å². The largest absolute Gasteiger partial charge is 0.491 e. The third-order valence-corrected chi connectivity index (χ3v) is 5.83. The van der Waals surface area contributed by atoms with Gasteiger partial charge in [0.1, 0.15) is 12.4 Å². The van der Waals surface area contributed by atoms with Crippen molar-refractivity contribution in [1.82, 2.24) is 4.90 Å². The minimum Gasteiger partial charge on any atom is -0.491 e. The van der Waals surface area contributed by atoms with Crippen molar-refractivity contribution < 1.29 is 19.2 Å². The summed E-state index contributed by atoms with van der Waals surface area (Å²) in [5, 5.41) is 10.7. The predicted molar refractivity (Wildman–Crippen MR) is 115 cm³/mol. The summed E-state index contributed by atoms with van der Waals surface area (Å²) in [5.41, 5.74) is 2.39. The zero-order chi connectivity index (χ0) is 21.1. The summed E-state index contributed by atoms with van der Waals surface area (Å²) in [7, 11) is 0. The minimum absolute atomic E-state index is 0.111. The fraction of sp³-hybridized carbons (Fsp3) is 0.200. The van der Waals surface area contributed by atoms with Crippen molar-refractivity contribution in [3.8, 4) is 5.75 Å². The van der Waals surface area contributed by atoms with E-state index in [0.29, 0.717) is 10.0 Å². The number of carbonyl (C=O) groups excluding carboxylic acids is 2. The molecule has 0 radical (unpaired) electrons. The lowest BCUT2D eigenvalue weighted by Crippen LogP contribution is -2.32. The number of aryl methyl sites for hydroxylation is 2. The molecule has 1 fully saturated rings. The first kappa shape index (κ1) is 21.1. The highest BCUT2D eigenvalue weighted by Crippen LogP contribution is 2.33. The molecule has 29 heavy (non-hydrogen) atoms. The molecule has 0 atom stereocenters. The number of nitro benzene ring substituents is 1. The molecule has 1 heterocycles. The number of hydrogen-bond donors (Lipinski definition) is 0. The molecule has 3 rings (SSSR count). The number of imide groups is 1. The van der Waals surface area contributed by atoms with Gasteiger partial charge in [-0.05, 0) is 76.4 Å². The minimum atomic E-state index is -0.516. The average molecular weight is 477 g/mol.